The van der Waals surface area contributed by atoms with Crippen molar-refractivity contribution in [2.45, 2.75) is 45.6 Å². The van der Waals surface area contributed by atoms with Gasteiger partial charge in [0.15, 0.2) is 0 Å². The molecule has 0 aliphatic heterocycles. The van der Waals surface area contributed by atoms with Crippen molar-refractivity contribution in [1.29, 1.82) is 0 Å². The van der Waals surface area contributed by atoms with Gasteiger partial charge in [-0.2, -0.15) is 0 Å². The van der Waals surface area contributed by atoms with Gasteiger partial charge in [-0.25, -0.2) is 0 Å². The molecule has 1 fully saturated rings. The number of nitrogens with zero attached hydrogens (tertiary/aromatic N) is 1. The molecule has 90 valence electrons. The van der Waals surface area contributed by atoms with Crippen molar-refractivity contribution in [3.8, 4) is 12.3 Å². The average molecular weight is 223 g/mol. The van der Waals surface area contributed by atoms with Gasteiger partial charge < -0.3 is 5.11 Å². The van der Waals surface area contributed by atoms with E-state index in [0.29, 0.717) is 18.0 Å². The summed E-state index contributed by atoms with van der Waals surface area (Å²) in [6.45, 7) is 5.05. The molecule has 0 unspecified atom stereocenters. The Bertz CT molecular complexity index is 281. The maximum atomic E-state index is 10.7. The maximum absolute atomic E-state index is 10.7. The Kier molecular flexibility index (Phi) is 4.37. The van der Waals surface area contributed by atoms with E-state index in [2.05, 4.69) is 19.8 Å². The summed E-state index contributed by atoms with van der Waals surface area (Å²) in [5.74, 6) is 1.76. The molecule has 1 saturated carbocycles. The Morgan fingerprint density at radius 3 is 2.50 bits per heavy atom. The maximum Gasteiger partial charge on any atom is 0.317 e. The van der Waals surface area contributed by atoms with E-state index >= 15 is 0 Å². The molecule has 1 aliphatic carbocycles. The number of carboxylic acids is 1. The first-order valence-electron chi connectivity index (χ1n) is 5.84. The fourth-order valence-electron chi connectivity index (χ4n) is 2.35. The zero-order valence-corrected chi connectivity index (χ0v) is 10.2. The third-order valence-electron chi connectivity index (χ3n) is 3.46. The zero-order chi connectivity index (χ0) is 12.2. The van der Waals surface area contributed by atoms with Gasteiger partial charge >= 0.3 is 5.97 Å². The summed E-state index contributed by atoms with van der Waals surface area (Å²) in [6, 6.07) is 0.347. The van der Waals surface area contributed by atoms with Crippen molar-refractivity contribution in [3.63, 3.8) is 0 Å². The molecule has 3 heteroatoms. The summed E-state index contributed by atoms with van der Waals surface area (Å²) in [7, 11) is 0. The molecule has 16 heavy (non-hydrogen) atoms. The normalized spacial score (nSPS) is 20.6. The fraction of sp³-hybridized carbons (Fsp3) is 0.769. The standard InChI is InChI=1S/C13H21NO2/c1-4-9-14(10-12(15)16)11-5-7-13(2,3)8-6-11/h1,11H,5-10H2,2-3H3,(H,15,16). The lowest BCUT2D eigenvalue weighted by atomic mass is 9.75. The first-order chi connectivity index (χ1) is 7.44. The van der Waals surface area contributed by atoms with Crippen LogP contribution in [0.5, 0.6) is 0 Å². The summed E-state index contributed by atoms with van der Waals surface area (Å²) in [5, 5.41) is 8.83. The lowest BCUT2D eigenvalue weighted by molar-refractivity contribution is -0.139. The van der Waals surface area contributed by atoms with Crippen LogP contribution in [0.3, 0.4) is 0 Å². The Morgan fingerprint density at radius 2 is 2.06 bits per heavy atom. The molecule has 0 aromatic rings. The predicted molar refractivity (Wildman–Crippen MR) is 64.1 cm³/mol. The monoisotopic (exact) mass is 223 g/mol. The first kappa shape index (κ1) is 13.1. The van der Waals surface area contributed by atoms with Gasteiger partial charge in [0.25, 0.3) is 0 Å². The number of rotatable bonds is 4. The summed E-state index contributed by atoms with van der Waals surface area (Å²) in [4.78, 5) is 12.7. The third kappa shape index (κ3) is 3.86. The summed E-state index contributed by atoms with van der Waals surface area (Å²) >= 11 is 0. The van der Waals surface area contributed by atoms with Gasteiger partial charge in [-0.3, -0.25) is 9.69 Å². The minimum Gasteiger partial charge on any atom is -0.480 e. The Morgan fingerprint density at radius 1 is 1.50 bits per heavy atom. The van der Waals surface area contributed by atoms with E-state index in [1.165, 1.54) is 0 Å². The van der Waals surface area contributed by atoms with Crippen LogP contribution in [0.25, 0.3) is 0 Å². The number of carboxylic acid groups (broad SMARTS) is 1. The molecule has 1 rings (SSSR count). The van der Waals surface area contributed by atoms with Crippen molar-refractivity contribution in [2.24, 2.45) is 5.41 Å². The van der Waals surface area contributed by atoms with Crippen LogP contribution < -0.4 is 0 Å². The van der Waals surface area contributed by atoms with E-state index in [9.17, 15) is 4.79 Å². The number of hydrogen-bond donors (Lipinski definition) is 1. The van der Waals surface area contributed by atoms with Crippen molar-refractivity contribution in [3.05, 3.63) is 0 Å². The molecule has 1 aliphatic rings. The highest BCUT2D eigenvalue weighted by Gasteiger charge is 2.30. The van der Waals surface area contributed by atoms with E-state index in [1.807, 2.05) is 4.90 Å². The third-order valence-corrected chi connectivity index (χ3v) is 3.46. The fourth-order valence-corrected chi connectivity index (χ4v) is 2.35. The highest BCUT2D eigenvalue weighted by atomic mass is 16.4. The molecule has 0 atom stereocenters. The van der Waals surface area contributed by atoms with E-state index in [4.69, 9.17) is 11.5 Å². The summed E-state index contributed by atoms with van der Waals surface area (Å²) in [6.07, 6.45) is 9.70. The zero-order valence-electron chi connectivity index (χ0n) is 10.2. The van der Waals surface area contributed by atoms with E-state index in [-0.39, 0.29) is 6.54 Å². The number of terminal acetylenes is 1. The van der Waals surface area contributed by atoms with Crippen LogP contribution in [0.2, 0.25) is 0 Å². The molecule has 0 aromatic carbocycles. The van der Waals surface area contributed by atoms with Crippen molar-refractivity contribution >= 4 is 5.97 Å². The lowest BCUT2D eigenvalue weighted by Gasteiger charge is -2.38. The van der Waals surface area contributed by atoms with Gasteiger partial charge in [-0.15, -0.1) is 6.42 Å². The molecular weight excluding hydrogens is 202 g/mol. The lowest BCUT2D eigenvalue weighted by Crippen LogP contribution is -2.42. The topological polar surface area (TPSA) is 40.5 Å². The van der Waals surface area contributed by atoms with Gasteiger partial charge in [0.05, 0.1) is 13.1 Å². The summed E-state index contributed by atoms with van der Waals surface area (Å²) in [5.41, 5.74) is 0.404. The van der Waals surface area contributed by atoms with Crippen molar-refractivity contribution in [2.75, 3.05) is 13.1 Å². The second kappa shape index (κ2) is 5.36. The van der Waals surface area contributed by atoms with Gasteiger partial charge in [-0.1, -0.05) is 19.8 Å². The molecule has 0 heterocycles. The van der Waals surface area contributed by atoms with Crippen LogP contribution >= 0.6 is 0 Å². The van der Waals surface area contributed by atoms with Crippen molar-refractivity contribution < 1.29 is 9.90 Å². The smallest absolute Gasteiger partial charge is 0.317 e. The van der Waals surface area contributed by atoms with Crippen LogP contribution in [0.4, 0.5) is 0 Å². The molecule has 0 saturated heterocycles. The van der Waals surface area contributed by atoms with Crippen LogP contribution in [-0.2, 0) is 4.79 Å². The van der Waals surface area contributed by atoms with Gasteiger partial charge in [-0.05, 0) is 31.1 Å². The molecule has 0 bridgehead atoms. The number of hydrogen-bond acceptors (Lipinski definition) is 2. The second-order valence-corrected chi connectivity index (χ2v) is 5.40. The van der Waals surface area contributed by atoms with Gasteiger partial charge in [0.2, 0.25) is 0 Å². The van der Waals surface area contributed by atoms with Gasteiger partial charge in [0, 0.05) is 6.04 Å². The van der Waals surface area contributed by atoms with Crippen molar-refractivity contribution in [1.82, 2.24) is 4.90 Å². The Labute approximate surface area is 97.8 Å². The quantitative estimate of drug-likeness (QED) is 0.741. The molecule has 0 amide bonds. The number of carbonyl (C=O) groups is 1. The largest absolute Gasteiger partial charge is 0.480 e. The van der Waals surface area contributed by atoms with Gasteiger partial charge in [0.1, 0.15) is 0 Å². The number of aliphatic carboxylic acids is 1. The van der Waals surface area contributed by atoms with E-state index in [1.54, 1.807) is 0 Å². The first-order valence-corrected chi connectivity index (χ1v) is 5.84. The molecule has 0 radical (unpaired) electrons. The van der Waals surface area contributed by atoms with E-state index in [0.717, 1.165) is 25.7 Å². The minimum absolute atomic E-state index is 0.0648. The summed E-state index contributed by atoms with van der Waals surface area (Å²) < 4.78 is 0. The predicted octanol–water partition coefficient (Wildman–Crippen LogP) is 1.97. The molecule has 0 spiro atoms. The average Bonchev–Trinajstić information content (AvgIpc) is 2.16. The Hall–Kier alpha value is -1.01. The second-order valence-electron chi connectivity index (χ2n) is 5.40. The van der Waals surface area contributed by atoms with Crippen LogP contribution in [0.1, 0.15) is 39.5 Å². The SMILES string of the molecule is C#CCN(CC(=O)O)C1CCC(C)(C)CC1. The molecule has 3 nitrogen and oxygen atoms in total. The molecule has 0 aromatic heterocycles. The molecule has 1 N–H and O–H groups in total. The van der Waals surface area contributed by atoms with Crippen LogP contribution in [0.15, 0.2) is 0 Å². The van der Waals surface area contributed by atoms with Crippen LogP contribution in [0, 0.1) is 17.8 Å². The van der Waals surface area contributed by atoms with Crippen LogP contribution in [-0.4, -0.2) is 35.1 Å². The molecular formula is C13H21NO2. The highest BCUT2D eigenvalue weighted by Crippen LogP contribution is 2.36. The minimum atomic E-state index is -0.792. The highest BCUT2D eigenvalue weighted by molar-refractivity contribution is 5.69. The van der Waals surface area contributed by atoms with E-state index < -0.39 is 5.97 Å². The Balaban J connectivity index is 2.53.